The normalized spacial score (nSPS) is 24.4. The van der Waals surface area contributed by atoms with E-state index in [-0.39, 0.29) is 5.41 Å². The van der Waals surface area contributed by atoms with Crippen molar-refractivity contribution in [1.29, 1.82) is 0 Å². The number of H-pyrrole nitrogens is 1. The quantitative estimate of drug-likeness (QED) is 0.844. The highest BCUT2D eigenvalue weighted by Gasteiger charge is 2.31. The maximum absolute atomic E-state index is 5.64. The van der Waals surface area contributed by atoms with Gasteiger partial charge >= 0.3 is 0 Å². The molecule has 2 aliphatic rings. The van der Waals surface area contributed by atoms with Gasteiger partial charge in [-0.3, -0.25) is 10.00 Å². The first-order chi connectivity index (χ1) is 11.1. The third kappa shape index (κ3) is 4.14. The maximum atomic E-state index is 5.64. The van der Waals surface area contributed by atoms with Crippen molar-refractivity contribution in [2.45, 2.75) is 58.0 Å². The van der Waals surface area contributed by atoms with E-state index in [0.717, 1.165) is 26.3 Å². The molecule has 2 N–H and O–H groups in total. The second-order valence-corrected chi connectivity index (χ2v) is 8.09. The van der Waals surface area contributed by atoms with Crippen LogP contribution in [-0.2, 0) is 16.7 Å². The van der Waals surface area contributed by atoms with Crippen LogP contribution >= 0.6 is 0 Å². The molecule has 2 saturated heterocycles. The van der Waals surface area contributed by atoms with Gasteiger partial charge in [-0.05, 0) is 32.4 Å². The molecule has 2 unspecified atom stereocenters. The van der Waals surface area contributed by atoms with Crippen molar-refractivity contribution < 1.29 is 4.74 Å². The van der Waals surface area contributed by atoms with Crippen molar-refractivity contribution in [2.75, 3.05) is 32.8 Å². The van der Waals surface area contributed by atoms with E-state index in [1.807, 2.05) is 6.20 Å². The fourth-order valence-electron chi connectivity index (χ4n) is 3.97. The summed E-state index contributed by atoms with van der Waals surface area (Å²) in [6.45, 7) is 13.0. The number of aromatic nitrogens is 2. The number of nitrogens with one attached hydrogen (secondary N) is 2. The molecule has 0 radical (unpaired) electrons. The first-order valence-corrected chi connectivity index (χ1v) is 9.11. The van der Waals surface area contributed by atoms with Crippen molar-refractivity contribution >= 4 is 0 Å². The molecule has 0 amide bonds. The Morgan fingerprint density at radius 3 is 2.83 bits per heavy atom. The number of rotatable bonds is 6. The average Bonchev–Trinajstić information content (AvgIpc) is 3.22. The molecule has 0 saturated carbocycles. The van der Waals surface area contributed by atoms with E-state index in [0.29, 0.717) is 12.0 Å². The van der Waals surface area contributed by atoms with Crippen molar-refractivity contribution in [1.82, 2.24) is 20.4 Å². The topological polar surface area (TPSA) is 53.2 Å². The molecular formula is C18H32N4O. The molecule has 5 heteroatoms. The van der Waals surface area contributed by atoms with Gasteiger partial charge in [-0.15, -0.1) is 0 Å². The Labute approximate surface area is 140 Å². The van der Waals surface area contributed by atoms with Crippen LogP contribution in [0.2, 0.25) is 0 Å². The number of hydrogen-bond donors (Lipinski definition) is 2. The Hall–Kier alpha value is -0.910. The Balaban J connectivity index is 1.57. The summed E-state index contributed by atoms with van der Waals surface area (Å²) in [4.78, 5) is 2.67. The number of ether oxygens (including phenoxy) is 1. The van der Waals surface area contributed by atoms with Crippen LogP contribution in [0.4, 0.5) is 0 Å². The summed E-state index contributed by atoms with van der Waals surface area (Å²) in [7, 11) is 0. The minimum Gasteiger partial charge on any atom is -0.381 e. The van der Waals surface area contributed by atoms with E-state index in [1.54, 1.807) is 0 Å². The summed E-state index contributed by atoms with van der Waals surface area (Å²) in [5.74, 6) is 0.687. The van der Waals surface area contributed by atoms with Crippen LogP contribution in [0.1, 0.15) is 51.3 Å². The highest BCUT2D eigenvalue weighted by Crippen LogP contribution is 2.25. The van der Waals surface area contributed by atoms with E-state index in [4.69, 9.17) is 4.74 Å². The van der Waals surface area contributed by atoms with Crippen LogP contribution in [0.15, 0.2) is 6.20 Å². The summed E-state index contributed by atoms with van der Waals surface area (Å²) in [5.41, 5.74) is 2.65. The number of aromatic amines is 1. The largest absolute Gasteiger partial charge is 0.381 e. The number of hydrogen-bond acceptors (Lipinski definition) is 4. The van der Waals surface area contributed by atoms with Crippen molar-refractivity contribution in [3.63, 3.8) is 0 Å². The van der Waals surface area contributed by atoms with E-state index in [1.165, 1.54) is 43.6 Å². The van der Waals surface area contributed by atoms with Gasteiger partial charge in [0.15, 0.2) is 0 Å². The maximum Gasteiger partial charge on any atom is 0.0535 e. The third-order valence-electron chi connectivity index (χ3n) is 5.26. The molecule has 0 bridgehead atoms. The summed E-state index contributed by atoms with van der Waals surface area (Å²) >= 11 is 0. The molecule has 0 spiro atoms. The molecule has 2 fully saturated rings. The third-order valence-corrected chi connectivity index (χ3v) is 5.26. The molecular weight excluding hydrogens is 288 g/mol. The first kappa shape index (κ1) is 16.9. The SMILES string of the molecule is CC(C)(C)c1[nH]ncc1CNCC(C1CCOC1)N1CCCC1. The Morgan fingerprint density at radius 2 is 2.17 bits per heavy atom. The van der Waals surface area contributed by atoms with Crippen LogP contribution < -0.4 is 5.32 Å². The molecule has 130 valence electrons. The predicted octanol–water partition coefficient (Wildman–Crippen LogP) is 2.30. The molecule has 23 heavy (non-hydrogen) atoms. The Kier molecular flexibility index (Phi) is 5.39. The van der Waals surface area contributed by atoms with Gasteiger partial charge in [0.1, 0.15) is 0 Å². The lowest BCUT2D eigenvalue weighted by Gasteiger charge is -2.32. The zero-order valence-electron chi connectivity index (χ0n) is 14.9. The fraction of sp³-hybridized carbons (Fsp3) is 0.833. The van der Waals surface area contributed by atoms with E-state index < -0.39 is 0 Å². The van der Waals surface area contributed by atoms with Crippen molar-refractivity contribution in [2.24, 2.45) is 5.92 Å². The molecule has 3 heterocycles. The standard InChI is InChI=1S/C18H32N4O/c1-18(2,3)17-15(11-20-21-17)10-19-12-16(14-6-9-23-13-14)22-7-4-5-8-22/h11,14,16,19H,4-10,12-13H2,1-3H3,(H,20,21). The highest BCUT2D eigenvalue weighted by molar-refractivity contribution is 5.23. The van der Waals surface area contributed by atoms with Crippen LogP contribution in [0.5, 0.6) is 0 Å². The number of likely N-dealkylation sites (tertiary alicyclic amines) is 1. The van der Waals surface area contributed by atoms with Crippen molar-refractivity contribution in [3.05, 3.63) is 17.5 Å². The second-order valence-electron chi connectivity index (χ2n) is 8.09. The summed E-state index contributed by atoms with van der Waals surface area (Å²) in [6.07, 6.45) is 5.87. The molecule has 1 aromatic heterocycles. The molecule has 0 aromatic carbocycles. The molecule has 1 aromatic rings. The van der Waals surface area contributed by atoms with Gasteiger partial charge in [-0.25, -0.2) is 0 Å². The van der Waals surface area contributed by atoms with E-state index in [2.05, 4.69) is 41.2 Å². The van der Waals surface area contributed by atoms with E-state index in [9.17, 15) is 0 Å². The van der Waals surface area contributed by atoms with Crippen LogP contribution in [0, 0.1) is 5.92 Å². The highest BCUT2D eigenvalue weighted by atomic mass is 16.5. The van der Waals surface area contributed by atoms with Crippen LogP contribution in [-0.4, -0.2) is 54.0 Å². The predicted molar refractivity (Wildman–Crippen MR) is 92.5 cm³/mol. The van der Waals surface area contributed by atoms with Gasteiger partial charge in [-0.2, -0.15) is 5.10 Å². The van der Waals surface area contributed by atoms with E-state index >= 15 is 0 Å². The summed E-state index contributed by atoms with van der Waals surface area (Å²) in [5, 5.41) is 11.1. The molecule has 3 rings (SSSR count). The lowest BCUT2D eigenvalue weighted by molar-refractivity contribution is 0.134. The van der Waals surface area contributed by atoms with Gasteiger partial charge in [0.25, 0.3) is 0 Å². The smallest absolute Gasteiger partial charge is 0.0535 e. The van der Waals surface area contributed by atoms with Crippen LogP contribution in [0.25, 0.3) is 0 Å². The lowest BCUT2D eigenvalue weighted by atomic mass is 9.89. The summed E-state index contributed by atoms with van der Waals surface area (Å²) in [6, 6.07) is 0.616. The Morgan fingerprint density at radius 1 is 1.39 bits per heavy atom. The van der Waals surface area contributed by atoms with Gasteiger partial charge in [0, 0.05) is 48.3 Å². The lowest BCUT2D eigenvalue weighted by Crippen LogP contribution is -2.46. The second kappa shape index (κ2) is 7.32. The number of nitrogens with zero attached hydrogens (tertiary/aromatic N) is 2. The van der Waals surface area contributed by atoms with Crippen LogP contribution in [0.3, 0.4) is 0 Å². The minimum atomic E-state index is 0.112. The molecule has 5 nitrogen and oxygen atoms in total. The molecule has 2 aliphatic heterocycles. The van der Waals surface area contributed by atoms with Gasteiger partial charge in [0.2, 0.25) is 0 Å². The first-order valence-electron chi connectivity index (χ1n) is 9.11. The Bertz CT molecular complexity index is 465. The van der Waals surface area contributed by atoms with Gasteiger partial charge < -0.3 is 10.1 Å². The monoisotopic (exact) mass is 320 g/mol. The summed E-state index contributed by atoms with van der Waals surface area (Å²) < 4.78 is 5.64. The zero-order chi connectivity index (χ0) is 16.3. The van der Waals surface area contributed by atoms with Crippen molar-refractivity contribution in [3.8, 4) is 0 Å². The molecule has 2 atom stereocenters. The zero-order valence-corrected chi connectivity index (χ0v) is 14.9. The van der Waals surface area contributed by atoms with Gasteiger partial charge in [-0.1, -0.05) is 20.8 Å². The molecule has 0 aliphatic carbocycles. The van der Waals surface area contributed by atoms with Gasteiger partial charge in [0.05, 0.1) is 12.8 Å². The average molecular weight is 320 g/mol. The fourth-order valence-corrected chi connectivity index (χ4v) is 3.97. The minimum absolute atomic E-state index is 0.112.